The number of rotatable bonds is 5. The Morgan fingerprint density at radius 1 is 1.11 bits per heavy atom. The van der Waals surface area contributed by atoms with Gasteiger partial charge in [0.2, 0.25) is 0 Å². The second-order valence-electron chi connectivity index (χ2n) is 11.1. The molecular formula is C27H31N7O. The Bertz CT molecular complexity index is 1300. The van der Waals surface area contributed by atoms with Gasteiger partial charge >= 0.3 is 0 Å². The number of benzene rings is 1. The molecule has 2 unspecified atom stereocenters. The molecule has 7 rings (SSSR count). The molecule has 6 atom stereocenters. The van der Waals surface area contributed by atoms with Crippen molar-refractivity contribution in [3.05, 3.63) is 36.0 Å². The monoisotopic (exact) mass is 469 g/mol. The fourth-order valence-electron chi connectivity index (χ4n) is 7.16. The standard InChI is InChI=1S/C27H31N7O/c1-33-12-20-6-16(2-4-24(20)32-33)25-10-17(11-28)27(31-30-25)29-22-7-18-13-34(14-19(18)8-22)15-21-9-23-3-5-26(21)35-23/h2,4,6,10,12,18-19,21-23,26H,3,5,7-9,13-15H2,1H3,(H,29,31)/t18-,19+,21-,22-,23?,26?/m1/s1. The lowest BCUT2D eigenvalue weighted by atomic mass is 9.89. The third-order valence-corrected chi connectivity index (χ3v) is 8.72. The van der Waals surface area contributed by atoms with Crippen molar-refractivity contribution in [1.29, 1.82) is 5.26 Å². The highest BCUT2D eigenvalue weighted by Crippen LogP contribution is 2.43. The van der Waals surface area contributed by atoms with Crippen LogP contribution in [-0.2, 0) is 11.8 Å². The normalized spacial score (nSPS) is 31.8. The maximum Gasteiger partial charge on any atom is 0.166 e. The summed E-state index contributed by atoms with van der Waals surface area (Å²) in [6.07, 6.45) is 9.13. The van der Waals surface area contributed by atoms with Crippen LogP contribution in [0.25, 0.3) is 22.2 Å². The molecule has 1 saturated carbocycles. The maximum absolute atomic E-state index is 9.83. The third-order valence-electron chi connectivity index (χ3n) is 8.72. The van der Waals surface area contributed by atoms with E-state index in [0.717, 1.165) is 47.1 Å². The average molecular weight is 470 g/mol. The van der Waals surface area contributed by atoms with Gasteiger partial charge in [-0.05, 0) is 62.1 Å². The van der Waals surface area contributed by atoms with Crippen LogP contribution in [0.1, 0.15) is 37.7 Å². The summed E-state index contributed by atoms with van der Waals surface area (Å²) in [5, 5.41) is 27.8. The van der Waals surface area contributed by atoms with Crippen LogP contribution < -0.4 is 5.32 Å². The third kappa shape index (κ3) is 3.87. The molecule has 180 valence electrons. The molecule has 5 heterocycles. The Kier molecular flexibility index (Phi) is 5.04. The van der Waals surface area contributed by atoms with Crippen LogP contribution >= 0.6 is 0 Å². The van der Waals surface area contributed by atoms with Gasteiger partial charge in [-0.1, -0.05) is 6.07 Å². The topological polar surface area (TPSA) is 91.9 Å². The van der Waals surface area contributed by atoms with Gasteiger partial charge in [-0.15, -0.1) is 10.2 Å². The molecule has 4 aliphatic rings. The average Bonchev–Trinajstić information content (AvgIpc) is 3.65. The molecule has 2 bridgehead atoms. The number of nitrogens with zero attached hydrogens (tertiary/aromatic N) is 6. The maximum atomic E-state index is 9.83. The molecule has 3 saturated heterocycles. The molecule has 2 aromatic heterocycles. The number of ether oxygens (including phenoxy) is 1. The summed E-state index contributed by atoms with van der Waals surface area (Å²) in [7, 11) is 1.91. The van der Waals surface area contributed by atoms with E-state index in [2.05, 4.69) is 31.6 Å². The summed E-state index contributed by atoms with van der Waals surface area (Å²) in [6, 6.07) is 10.6. The Hall–Kier alpha value is -3.02. The van der Waals surface area contributed by atoms with Crippen LogP contribution in [0.5, 0.6) is 0 Å². The molecule has 1 aromatic carbocycles. The van der Waals surface area contributed by atoms with Gasteiger partial charge < -0.3 is 15.0 Å². The van der Waals surface area contributed by atoms with Gasteiger partial charge in [0.25, 0.3) is 0 Å². The van der Waals surface area contributed by atoms with E-state index in [0.29, 0.717) is 35.3 Å². The van der Waals surface area contributed by atoms with Gasteiger partial charge in [-0.3, -0.25) is 4.68 Å². The first kappa shape index (κ1) is 21.3. The Labute approximate surface area is 205 Å². The molecule has 3 aromatic rings. The lowest BCUT2D eigenvalue weighted by Crippen LogP contribution is -2.33. The van der Waals surface area contributed by atoms with Crippen molar-refractivity contribution in [2.24, 2.45) is 24.8 Å². The number of hydrogen-bond acceptors (Lipinski definition) is 7. The molecule has 8 heteroatoms. The first-order valence-corrected chi connectivity index (χ1v) is 13.0. The second-order valence-corrected chi connectivity index (χ2v) is 11.1. The number of hydrogen-bond donors (Lipinski definition) is 1. The molecule has 35 heavy (non-hydrogen) atoms. The summed E-state index contributed by atoms with van der Waals surface area (Å²) in [4.78, 5) is 2.69. The lowest BCUT2D eigenvalue weighted by molar-refractivity contribution is 0.0854. The lowest BCUT2D eigenvalue weighted by Gasteiger charge is -2.26. The molecule has 4 fully saturated rings. The highest BCUT2D eigenvalue weighted by atomic mass is 16.5. The number of fused-ring (bicyclic) bond motifs is 4. The number of aryl methyl sites for hydroxylation is 1. The van der Waals surface area contributed by atoms with E-state index in [1.165, 1.54) is 38.9 Å². The van der Waals surface area contributed by atoms with Gasteiger partial charge in [0.05, 0.1) is 29.0 Å². The van der Waals surface area contributed by atoms with Gasteiger partial charge in [0, 0.05) is 55.8 Å². The molecule has 0 radical (unpaired) electrons. The van der Waals surface area contributed by atoms with Crippen LogP contribution in [0.2, 0.25) is 0 Å². The molecule has 0 amide bonds. The molecular weight excluding hydrogens is 438 g/mol. The fourth-order valence-corrected chi connectivity index (χ4v) is 7.16. The molecule has 8 nitrogen and oxygen atoms in total. The zero-order valence-electron chi connectivity index (χ0n) is 20.1. The predicted molar refractivity (Wildman–Crippen MR) is 133 cm³/mol. The first-order valence-electron chi connectivity index (χ1n) is 13.0. The van der Waals surface area contributed by atoms with Crippen molar-refractivity contribution in [3.8, 4) is 17.3 Å². The number of anilines is 1. The number of likely N-dealkylation sites (tertiary alicyclic amines) is 1. The highest BCUT2D eigenvalue weighted by Gasteiger charge is 2.45. The Morgan fingerprint density at radius 2 is 1.97 bits per heavy atom. The number of aromatic nitrogens is 4. The minimum Gasteiger partial charge on any atom is -0.375 e. The van der Waals surface area contributed by atoms with Crippen LogP contribution in [0.4, 0.5) is 5.82 Å². The molecule has 0 spiro atoms. The molecule has 1 aliphatic carbocycles. The van der Waals surface area contributed by atoms with E-state index in [-0.39, 0.29) is 0 Å². The minimum absolute atomic E-state index is 0.358. The van der Waals surface area contributed by atoms with Crippen LogP contribution in [-0.4, -0.2) is 62.8 Å². The van der Waals surface area contributed by atoms with Crippen LogP contribution in [0.3, 0.4) is 0 Å². The predicted octanol–water partition coefficient (Wildman–Crippen LogP) is 3.59. The van der Waals surface area contributed by atoms with Crippen molar-refractivity contribution in [2.45, 2.75) is 50.4 Å². The van der Waals surface area contributed by atoms with Crippen LogP contribution in [0.15, 0.2) is 30.5 Å². The summed E-state index contributed by atoms with van der Waals surface area (Å²) in [6.45, 7) is 3.61. The van der Waals surface area contributed by atoms with Crippen molar-refractivity contribution in [3.63, 3.8) is 0 Å². The zero-order valence-corrected chi connectivity index (χ0v) is 20.1. The van der Waals surface area contributed by atoms with E-state index in [4.69, 9.17) is 4.74 Å². The Balaban J connectivity index is 0.999. The van der Waals surface area contributed by atoms with E-state index in [1.807, 2.05) is 37.5 Å². The number of nitriles is 1. The van der Waals surface area contributed by atoms with Crippen molar-refractivity contribution in [1.82, 2.24) is 24.9 Å². The van der Waals surface area contributed by atoms with Gasteiger partial charge in [-0.25, -0.2) is 0 Å². The smallest absolute Gasteiger partial charge is 0.166 e. The summed E-state index contributed by atoms with van der Waals surface area (Å²) in [5.74, 6) is 2.82. The van der Waals surface area contributed by atoms with E-state index in [9.17, 15) is 5.26 Å². The van der Waals surface area contributed by atoms with Crippen molar-refractivity contribution < 1.29 is 4.74 Å². The molecule has 1 N–H and O–H groups in total. The summed E-state index contributed by atoms with van der Waals surface area (Å²) < 4.78 is 7.87. The fraction of sp³-hybridized carbons (Fsp3) is 0.556. The zero-order chi connectivity index (χ0) is 23.5. The minimum atomic E-state index is 0.358. The van der Waals surface area contributed by atoms with Crippen molar-refractivity contribution in [2.75, 3.05) is 25.0 Å². The highest BCUT2D eigenvalue weighted by molar-refractivity contribution is 5.83. The number of nitrogens with one attached hydrogen (secondary N) is 1. The van der Waals surface area contributed by atoms with E-state index < -0.39 is 0 Å². The van der Waals surface area contributed by atoms with Gasteiger partial charge in [0.1, 0.15) is 6.07 Å². The quantitative estimate of drug-likeness (QED) is 0.610. The van der Waals surface area contributed by atoms with E-state index >= 15 is 0 Å². The SMILES string of the molecule is Cn1cc2cc(-c3cc(C#N)c(N[C@@H]4C[C@@H]5CN(C[C@H]6CC7CCC6O7)C[C@@H]5C4)nn3)ccc2n1. The van der Waals surface area contributed by atoms with Gasteiger partial charge in [0.15, 0.2) is 5.82 Å². The Morgan fingerprint density at radius 3 is 2.71 bits per heavy atom. The molecule has 3 aliphatic heterocycles. The largest absolute Gasteiger partial charge is 0.375 e. The summed E-state index contributed by atoms with van der Waals surface area (Å²) >= 11 is 0. The van der Waals surface area contributed by atoms with Crippen molar-refractivity contribution >= 4 is 16.7 Å². The van der Waals surface area contributed by atoms with E-state index in [1.54, 1.807) is 4.68 Å². The first-order chi connectivity index (χ1) is 17.1. The second kappa shape index (κ2) is 8.28. The van der Waals surface area contributed by atoms with Gasteiger partial charge in [-0.2, -0.15) is 10.4 Å². The van der Waals surface area contributed by atoms with Crippen LogP contribution in [0, 0.1) is 29.1 Å². The summed E-state index contributed by atoms with van der Waals surface area (Å²) in [5.41, 5.74) is 3.15.